The van der Waals surface area contributed by atoms with Crippen molar-refractivity contribution in [1.82, 2.24) is 24.6 Å². The topological polar surface area (TPSA) is 37.2 Å². The van der Waals surface area contributed by atoms with Crippen LogP contribution in [0.15, 0.2) is 41.8 Å². The normalized spacial score (nSPS) is 19.8. The molecule has 5 nitrogen and oxygen atoms in total. The fourth-order valence-corrected chi connectivity index (χ4v) is 5.45. The highest BCUT2D eigenvalue weighted by atomic mass is 32.1. The SMILES string of the molecule is CN1Cc2nnc(-c3ccc(F)cc3)n2C2(CCN(Cc3cccs3)CC2)C1. The van der Waals surface area contributed by atoms with Crippen molar-refractivity contribution < 1.29 is 4.39 Å². The Morgan fingerprint density at radius 2 is 1.89 bits per heavy atom. The summed E-state index contributed by atoms with van der Waals surface area (Å²) >= 11 is 1.83. The monoisotopic (exact) mass is 397 g/mol. The number of benzene rings is 1. The lowest BCUT2D eigenvalue weighted by molar-refractivity contribution is 0.0494. The van der Waals surface area contributed by atoms with E-state index >= 15 is 0 Å². The molecule has 7 heteroatoms. The fourth-order valence-electron chi connectivity index (χ4n) is 4.71. The van der Waals surface area contributed by atoms with Crippen LogP contribution in [0, 0.1) is 5.82 Å². The Kier molecular flexibility index (Phi) is 4.53. The van der Waals surface area contributed by atoms with Crippen molar-refractivity contribution in [3.05, 3.63) is 58.3 Å². The summed E-state index contributed by atoms with van der Waals surface area (Å²) in [6.45, 7) is 4.95. The van der Waals surface area contributed by atoms with Gasteiger partial charge in [0.2, 0.25) is 0 Å². The molecule has 0 radical (unpaired) electrons. The Balaban J connectivity index is 1.45. The van der Waals surface area contributed by atoms with Crippen LogP contribution in [-0.2, 0) is 18.6 Å². The van der Waals surface area contributed by atoms with Gasteiger partial charge in [-0.3, -0.25) is 9.80 Å². The maximum absolute atomic E-state index is 13.4. The minimum Gasteiger partial charge on any atom is -0.302 e. The van der Waals surface area contributed by atoms with Crippen LogP contribution in [-0.4, -0.2) is 51.2 Å². The van der Waals surface area contributed by atoms with E-state index in [1.165, 1.54) is 17.0 Å². The maximum atomic E-state index is 13.4. The van der Waals surface area contributed by atoms with Gasteiger partial charge in [-0.1, -0.05) is 6.07 Å². The molecule has 1 spiro atoms. The third kappa shape index (κ3) is 3.17. The van der Waals surface area contributed by atoms with Gasteiger partial charge in [0.05, 0.1) is 12.1 Å². The molecule has 4 heterocycles. The molecule has 146 valence electrons. The molecule has 0 atom stereocenters. The van der Waals surface area contributed by atoms with Crippen LogP contribution in [0.1, 0.15) is 23.5 Å². The van der Waals surface area contributed by atoms with E-state index in [2.05, 4.69) is 49.1 Å². The minimum atomic E-state index is -0.224. The number of thiophene rings is 1. The number of halogens is 1. The average molecular weight is 398 g/mol. The molecule has 0 saturated carbocycles. The summed E-state index contributed by atoms with van der Waals surface area (Å²) in [5.74, 6) is 1.66. The lowest BCUT2D eigenvalue weighted by atomic mass is 9.84. The highest BCUT2D eigenvalue weighted by Gasteiger charge is 2.43. The molecular formula is C21H24FN5S. The average Bonchev–Trinajstić information content (AvgIpc) is 3.34. The third-order valence-electron chi connectivity index (χ3n) is 6.03. The summed E-state index contributed by atoms with van der Waals surface area (Å²) in [5.41, 5.74) is 0.937. The van der Waals surface area contributed by atoms with Crippen LogP contribution >= 0.6 is 11.3 Å². The molecule has 28 heavy (non-hydrogen) atoms. The van der Waals surface area contributed by atoms with Crippen molar-refractivity contribution >= 4 is 11.3 Å². The van der Waals surface area contributed by atoms with Gasteiger partial charge < -0.3 is 4.57 Å². The molecule has 0 N–H and O–H groups in total. The molecule has 0 unspecified atom stereocenters. The van der Waals surface area contributed by atoms with Gasteiger partial charge in [0.15, 0.2) is 5.82 Å². The van der Waals surface area contributed by atoms with E-state index in [-0.39, 0.29) is 11.4 Å². The summed E-state index contributed by atoms with van der Waals surface area (Å²) in [4.78, 5) is 6.33. The number of likely N-dealkylation sites (N-methyl/N-ethyl adjacent to an activating group) is 1. The van der Waals surface area contributed by atoms with Gasteiger partial charge in [0.25, 0.3) is 0 Å². The predicted molar refractivity (Wildman–Crippen MR) is 109 cm³/mol. The summed E-state index contributed by atoms with van der Waals surface area (Å²) in [6.07, 6.45) is 2.14. The minimum absolute atomic E-state index is 0.00149. The van der Waals surface area contributed by atoms with Crippen molar-refractivity contribution in [2.75, 3.05) is 26.7 Å². The van der Waals surface area contributed by atoms with Crippen LogP contribution in [0.4, 0.5) is 4.39 Å². The first kappa shape index (κ1) is 18.0. The van der Waals surface area contributed by atoms with Crippen molar-refractivity contribution in [2.24, 2.45) is 0 Å². The second-order valence-electron chi connectivity index (χ2n) is 8.03. The first-order chi connectivity index (χ1) is 13.6. The highest BCUT2D eigenvalue weighted by Crippen LogP contribution is 2.39. The number of fused-ring (bicyclic) bond motifs is 2. The molecular weight excluding hydrogens is 373 g/mol. The number of hydrogen-bond acceptors (Lipinski definition) is 5. The summed E-state index contributed by atoms with van der Waals surface area (Å²) in [5, 5.41) is 11.2. The molecule has 0 amide bonds. The van der Waals surface area contributed by atoms with Crippen molar-refractivity contribution in [2.45, 2.75) is 31.5 Å². The number of nitrogens with zero attached hydrogens (tertiary/aromatic N) is 5. The molecule has 1 aromatic carbocycles. The van der Waals surface area contributed by atoms with Gasteiger partial charge in [-0.25, -0.2) is 4.39 Å². The van der Waals surface area contributed by atoms with Gasteiger partial charge in [-0.05, 0) is 55.6 Å². The largest absolute Gasteiger partial charge is 0.302 e. The number of rotatable bonds is 3. The lowest BCUT2D eigenvalue weighted by Crippen LogP contribution is -2.55. The van der Waals surface area contributed by atoms with Crippen LogP contribution in [0.25, 0.3) is 11.4 Å². The molecule has 1 saturated heterocycles. The van der Waals surface area contributed by atoms with Gasteiger partial charge >= 0.3 is 0 Å². The molecule has 0 aliphatic carbocycles. The Hall–Kier alpha value is -2.09. The van der Waals surface area contributed by atoms with E-state index in [4.69, 9.17) is 0 Å². The summed E-state index contributed by atoms with van der Waals surface area (Å²) < 4.78 is 15.8. The predicted octanol–water partition coefficient (Wildman–Crippen LogP) is 3.58. The second kappa shape index (κ2) is 7.06. The Morgan fingerprint density at radius 1 is 1.11 bits per heavy atom. The van der Waals surface area contributed by atoms with E-state index in [0.717, 1.165) is 62.8 Å². The zero-order valence-corrected chi connectivity index (χ0v) is 16.8. The Morgan fingerprint density at radius 3 is 2.61 bits per heavy atom. The number of hydrogen-bond donors (Lipinski definition) is 0. The molecule has 5 rings (SSSR count). The standard InChI is InChI=1S/C21H24FN5S/c1-25-14-19-23-24-20(16-4-6-17(22)7-5-16)27(19)21(15-25)8-10-26(11-9-21)13-18-3-2-12-28-18/h2-7,12H,8-11,13-15H2,1H3. The Labute approximate surface area is 168 Å². The highest BCUT2D eigenvalue weighted by molar-refractivity contribution is 7.09. The van der Waals surface area contributed by atoms with Crippen LogP contribution in [0.3, 0.4) is 0 Å². The maximum Gasteiger partial charge on any atom is 0.164 e. The van der Waals surface area contributed by atoms with Gasteiger partial charge in [-0.15, -0.1) is 21.5 Å². The lowest BCUT2D eigenvalue weighted by Gasteiger charge is -2.48. The first-order valence-electron chi connectivity index (χ1n) is 9.77. The van der Waals surface area contributed by atoms with E-state index < -0.39 is 0 Å². The summed E-state index contributed by atoms with van der Waals surface area (Å²) in [6, 6.07) is 11.0. The molecule has 0 bridgehead atoms. The van der Waals surface area contributed by atoms with Crippen molar-refractivity contribution in [3.63, 3.8) is 0 Å². The summed E-state index contributed by atoms with van der Waals surface area (Å²) in [7, 11) is 2.16. The van der Waals surface area contributed by atoms with E-state index in [1.54, 1.807) is 0 Å². The zero-order chi connectivity index (χ0) is 19.1. The first-order valence-corrected chi connectivity index (χ1v) is 10.6. The van der Waals surface area contributed by atoms with Crippen molar-refractivity contribution in [3.8, 4) is 11.4 Å². The van der Waals surface area contributed by atoms with E-state index in [0.29, 0.717) is 0 Å². The molecule has 1 fully saturated rings. The van der Waals surface area contributed by atoms with Gasteiger partial charge in [0, 0.05) is 36.6 Å². The Bertz CT molecular complexity index is 942. The number of likely N-dealkylation sites (tertiary alicyclic amines) is 1. The quantitative estimate of drug-likeness (QED) is 0.677. The molecule has 2 aromatic heterocycles. The zero-order valence-electron chi connectivity index (χ0n) is 16.0. The fraction of sp³-hybridized carbons (Fsp3) is 0.429. The van der Waals surface area contributed by atoms with Crippen LogP contribution in [0.2, 0.25) is 0 Å². The second-order valence-corrected chi connectivity index (χ2v) is 9.07. The smallest absolute Gasteiger partial charge is 0.164 e. The molecule has 2 aliphatic heterocycles. The third-order valence-corrected chi connectivity index (χ3v) is 6.89. The van der Waals surface area contributed by atoms with Crippen molar-refractivity contribution in [1.29, 1.82) is 0 Å². The van der Waals surface area contributed by atoms with Crippen LogP contribution in [0.5, 0.6) is 0 Å². The van der Waals surface area contributed by atoms with E-state index in [9.17, 15) is 4.39 Å². The molecule has 3 aromatic rings. The van der Waals surface area contributed by atoms with Gasteiger partial charge in [0.1, 0.15) is 11.6 Å². The number of piperidine rings is 1. The van der Waals surface area contributed by atoms with E-state index in [1.807, 2.05) is 23.5 Å². The number of aromatic nitrogens is 3. The van der Waals surface area contributed by atoms with Crippen LogP contribution < -0.4 is 0 Å². The van der Waals surface area contributed by atoms with Gasteiger partial charge in [-0.2, -0.15) is 0 Å². The molecule has 2 aliphatic rings.